The number of rotatable bonds is 4. The summed E-state index contributed by atoms with van der Waals surface area (Å²) in [5.41, 5.74) is 15.4. The number of esters is 1. The first-order valence-electron chi connectivity index (χ1n) is 5.74. The number of hydrogen-bond acceptors (Lipinski definition) is 9. The molecule has 0 radical (unpaired) electrons. The van der Waals surface area contributed by atoms with Crippen LogP contribution in [0.1, 0.15) is 18.0 Å². The second kappa shape index (κ2) is 7.42. The average Bonchev–Trinajstić information content (AvgIpc) is 2.42. The molecule has 0 aliphatic carbocycles. The number of pyridine rings is 1. The summed E-state index contributed by atoms with van der Waals surface area (Å²) in [5.74, 6) is -2.93. The smallest absolute Gasteiger partial charge is 0.408 e. The van der Waals surface area contributed by atoms with Crippen LogP contribution in [0.2, 0.25) is 0 Å². The number of primary amides is 2. The van der Waals surface area contributed by atoms with Crippen LogP contribution in [0.25, 0.3) is 0 Å². The van der Waals surface area contributed by atoms with Crippen molar-refractivity contribution in [2.75, 3.05) is 5.73 Å². The zero-order chi connectivity index (χ0) is 16.7. The molecule has 118 valence electrons. The lowest BCUT2D eigenvalue weighted by Gasteiger charge is -2.16. The van der Waals surface area contributed by atoms with Crippen molar-refractivity contribution >= 4 is 29.7 Å². The first kappa shape index (κ1) is 16.7. The van der Waals surface area contributed by atoms with Gasteiger partial charge < -0.3 is 31.9 Å². The minimum absolute atomic E-state index is 0.0537. The summed E-state index contributed by atoms with van der Waals surface area (Å²) in [4.78, 5) is 36.9. The summed E-state index contributed by atoms with van der Waals surface area (Å²) in [7, 11) is 0. The lowest BCUT2D eigenvalue weighted by molar-refractivity contribution is -0.137. The van der Waals surface area contributed by atoms with E-state index in [0.717, 1.165) is 0 Å². The van der Waals surface area contributed by atoms with Crippen molar-refractivity contribution in [3.05, 3.63) is 24.0 Å². The second-order valence-electron chi connectivity index (χ2n) is 3.89. The van der Waals surface area contributed by atoms with Crippen LogP contribution in [-0.4, -0.2) is 34.2 Å². The van der Waals surface area contributed by atoms with Crippen LogP contribution in [0.15, 0.2) is 23.5 Å². The fourth-order valence-corrected chi connectivity index (χ4v) is 1.61. The third kappa shape index (κ3) is 4.63. The highest BCUT2D eigenvalue weighted by Gasteiger charge is 2.30. The van der Waals surface area contributed by atoms with Gasteiger partial charge in [-0.15, -0.1) is 0 Å². The first-order valence-corrected chi connectivity index (χ1v) is 5.74. The number of amides is 2. The van der Waals surface area contributed by atoms with Gasteiger partial charge in [0, 0.05) is 6.20 Å². The van der Waals surface area contributed by atoms with Gasteiger partial charge in [-0.3, -0.25) is 9.78 Å². The van der Waals surface area contributed by atoms with E-state index < -0.39 is 36.4 Å². The van der Waals surface area contributed by atoms with Crippen LogP contribution in [0.4, 0.5) is 15.3 Å². The summed E-state index contributed by atoms with van der Waals surface area (Å²) in [6, 6.07) is 2.97. The third-order valence-corrected chi connectivity index (χ3v) is 2.39. The highest BCUT2D eigenvalue weighted by molar-refractivity contribution is 5.95. The molecule has 2 amide bonds. The number of nitrogen functional groups attached to an aromatic ring is 1. The zero-order valence-electron chi connectivity index (χ0n) is 11.1. The Morgan fingerprint density at radius 2 is 1.91 bits per heavy atom. The monoisotopic (exact) mass is 311 g/mol. The Labute approximate surface area is 123 Å². The number of nitrogens with zero attached hydrogens (tertiary/aromatic N) is 2. The molecule has 1 atom stereocenters. The number of ether oxygens (including phenoxy) is 2. The van der Waals surface area contributed by atoms with E-state index in [2.05, 4.69) is 19.6 Å². The Hall–Kier alpha value is -3.37. The number of nitrogens with two attached hydrogens (primary N) is 3. The molecule has 1 heterocycles. The van der Waals surface area contributed by atoms with E-state index in [1.165, 1.54) is 18.3 Å². The van der Waals surface area contributed by atoms with Gasteiger partial charge in [0.25, 0.3) is 0 Å². The number of carbonyl (C=O) groups is 3. The molecule has 11 heteroatoms. The molecule has 0 aliphatic heterocycles. The molecule has 0 bridgehead atoms. The maximum absolute atomic E-state index is 11.6. The largest absolute Gasteiger partial charge is 0.412 e. The first-order chi connectivity index (χ1) is 10.3. The van der Waals surface area contributed by atoms with Crippen LogP contribution in [0, 0.1) is 0 Å². The molecule has 1 rings (SSSR count). The van der Waals surface area contributed by atoms with Crippen molar-refractivity contribution < 1.29 is 29.1 Å². The molecule has 0 aromatic carbocycles. The molecule has 0 saturated heterocycles. The predicted octanol–water partition coefficient (Wildman–Crippen LogP) is -0.358. The second-order valence-corrected chi connectivity index (χ2v) is 3.89. The molecular formula is C11H13N5O6. The van der Waals surface area contributed by atoms with Crippen molar-refractivity contribution in [1.29, 1.82) is 0 Å². The van der Waals surface area contributed by atoms with Gasteiger partial charge in [-0.25, -0.2) is 9.59 Å². The van der Waals surface area contributed by atoms with Gasteiger partial charge >= 0.3 is 18.2 Å². The SMILES string of the molecule is NC(=O)OC(=O)CC(/C(=N/O)OC(N)=O)c1ncccc1N. The highest BCUT2D eigenvalue weighted by atomic mass is 16.6. The van der Waals surface area contributed by atoms with Crippen LogP contribution >= 0.6 is 0 Å². The molecule has 7 N–H and O–H groups in total. The van der Waals surface area contributed by atoms with Crippen molar-refractivity contribution in [3.63, 3.8) is 0 Å². The van der Waals surface area contributed by atoms with Crippen molar-refractivity contribution in [2.45, 2.75) is 12.3 Å². The van der Waals surface area contributed by atoms with Gasteiger partial charge in [-0.05, 0) is 12.1 Å². The minimum Gasteiger partial charge on any atom is -0.408 e. The van der Waals surface area contributed by atoms with E-state index >= 15 is 0 Å². The van der Waals surface area contributed by atoms with Gasteiger partial charge in [0.15, 0.2) is 0 Å². The number of anilines is 1. The maximum atomic E-state index is 11.6. The normalized spacial score (nSPS) is 12.3. The van der Waals surface area contributed by atoms with E-state index in [1.807, 2.05) is 0 Å². The highest BCUT2D eigenvalue weighted by Crippen LogP contribution is 2.25. The fourth-order valence-electron chi connectivity index (χ4n) is 1.61. The van der Waals surface area contributed by atoms with E-state index in [4.69, 9.17) is 22.4 Å². The Bertz CT molecular complexity index is 617. The fraction of sp³-hybridized carbons (Fsp3) is 0.182. The van der Waals surface area contributed by atoms with Crippen LogP contribution in [0.3, 0.4) is 0 Å². The lowest BCUT2D eigenvalue weighted by Crippen LogP contribution is -2.28. The van der Waals surface area contributed by atoms with Crippen LogP contribution < -0.4 is 17.2 Å². The van der Waals surface area contributed by atoms with Crippen LogP contribution in [-0.2, 0) is 14.3 Å². The van der Waals surface area contributed by atoms with Gasteiger partial charge in [-0.1, -0.05) is 5.16 Å². The Morgan fingerprint density at radius 1 is 1.27 bits per heavy atom. The summed E-state index contributed by atoms with van der Waals surface area (Å²) in [5, 5.41) is 11.7. The quantitative estimate of drug-likeness (QED) is 0.144. The lowest BCUT2D eigenvalue weighted by atomic mass is 9.99. The summed E-state index contributed by atoms with van der Waals surface area (Å²) in [6.07, 6.45) is -1.85. The van der Waals surface area contributed by atoms with E-state index in [-0.39, 0.29) is 11.4 Å². The minimum atomic E-state index is -1.32. The molecule has 11 nitrogen and oxygen atoms in total. The van der Waals surface area contributed by atoms with Crippen LogP contribution in [0.5, 0.6) is 0 Å². The molecule has 1 aromatic heterocycles. The molecule has 1 aromatic rings. The third-order valence-electron chi connectivity index (χ3n) is 2.39. The Morgan fingerprint density at radius 3 is 2.41 bits per heavy atom. The van der Waals surface area contributed by atoms with Crippen molar-refractivity contribution in [2.24, 2.45) is 16.6 Å². The van der Waals surface area contributed by atoms with Crippen molar-refractivity contribution in [1.82, 2.24) is 4.98 Å². The molecular weight excluding hydrogens is 298 g/mol. The maximum Gasteiger partial charge on any atom is 0.412 e. The molecule has 0 aliphatic rings. The number of carbonyl (C=O) groups excluding carboxylic acids is 3. The van der Waals surface area contributed by atoms with E-state index in [0.29, 0.717) is 0 Å². The number of oxime groups is 1. The molecule has 1 unspecified atom stereocenters. The number of hydrogen-bond donors (Lipinski definition) is 4. The Balaban J connectivity index is 3.15. The van der Waals surface area contributed by atoms with Gasteiger partial charge in [0.05, 0.1) is 23.7 Å². The molecule has 22 heavy (non-hydrogen) atoms. The molecule has 0 fully saturated rings. The Kier molecular flexibility index (Phi) is 5.63. The van der Waals surface area contributed by atoms with E-state index in [1.54, 1.807) is 0 Å². The zero-order valence-corrected chi connectivity index (χ0v) is 11.1. The molecule has 0 spiro atoms. The predicted molar refractivity (Wildman–Crippen MR) is 71.6 cm³/mol. The summed E-state index contributed by atoms with van der Waals surface area (Å²) >= 11 is 0. The van der Waals surface area contributed by atoms with Gasteiger partial charge in [0.2, 0.25) is 5.90 Å². The van der Waals surface area contributed by atoms with Crippen molar-refractivity contribution in [3.8, 4) is 0 Å². The summed E-state index contributed by atoms with van der Waals surface area (Å²) in [6.45, 7) is 0. The van der Waals surface area contributed by atoms with E-state index in [9.17, 15) is 14.4 Å². The molecule has 0 saturated carbocycles. The van der Waals surface area contributed by atoms with Gasteiger partial charge in [-0.2, -0.15) is 0 Å². The van der Waals surface area contributed by atoms with Gasteiger partial charge in [0.1, 0.15) is 0 Å². The average molecular weight is 311 g/mol. The standard InChI is InChI=1S/C11H13N5O6/c12-6-2-1-3-15-8(6)5(4-7(17)21-10(13)18)9(16-20)22-11(14)19/h1-3,5,20H,4,12H2,(H2,13,18)(H2,14,19)/b16-9-. The topological polar surface area (TPSA) is 193 Å². The summed E-state index contributed by atoms with van der Waals surface area (Å²) < 4.78 is 8.66. The number of aromatic nitrogens is 1.